The van der Waals surface area contributed by atoms with E-state index in [9.17, 15) is 13.2 Å². The molecule has 5 heteroatoms. The topological polar surface area (TPSA) is 26.0 Å². The number of halogens is 4. The second kappa shape index (κ2) is 5.28. The molecule has 0 saturated heterocycles. The highest BCUT2D eigenvalue weighted by Gasteiger charge is 2.38. The Bertz CT molecular complexity index is 711. The van der Waals surface area contributed by atoms with Gasteiger partial charge in [0.15, 0.2) is 0 Å². The van der Waals surface area contributed by atoms with Gasteiger partial charge in [0.05, 0.1) is 16.1 Å². The van der Waals surface area contributed by atoms with E-state index in [4.69, 9.17) is 17.3 Å². The summed E-state index contributed by atoms with van der Waals surface area (Å²) in [6, 6.07) is 11.6. The third-order valence-electron chi connectivity index (χ3n) is 4.30. The number of hydrogen-bond donors (Lipinski definition) is 1. The van der Waals surface area contributed by atoms with Gasteiger partial charge in [0.1, 0.15) is 0 Å². The molecule has 0 spiro atoms. The Balaban J connectivity index is 2.16. The van der Waals surface area contributed by atoms with E-state index in [1.165, 1.54) is 6.07 Å². The van der Waals surface area contributed by atoms with Crippen LogP contribution in [-0.2, 0) is 18.1 Å². The molecule has 2 aromatic carbocycles. The molecule has 1 unspecified atom stereocenters. The van der Waals surface area contributed by atoms with Crippen molar-refractivity contribution in [2.24, 2.45) is 5.73 Å². The minimum absolute atomic E-state index is 0.302. The molecule has 0 heterocycles. The Morgan fingerprint density at radius 1 is 1.09 bits per heavy atom. The highest BCUT2D eigenvalue weighted by Crippen LogP contribution is 2.42. The largest absolute Gasteiger partial charge is 0.417 e. The van der Waals surface area contributed by atoms with E-state index in [1.807, 2.05) is 24.3 Å². The zero-order chi connectivity index (χ0) is 16.0. The molecular formula is C17H15ClF3N. The molecule has 0 aliphatic heterocycles. The van der Waals surface area contributed by atoms with Crippen molar-refractivity contribution in [3.63, 3.8) is 0 Å². The van der Waals surface area contributed by atoms with Gasteiger partial charge in [-0.25, -0.2) is 0 Å². The van der Waals surface area contributed by atoms with Gasteiger partial charge in [-0.3, -0.25) is 0 Å². The molecule has 0 saturated carbocycles. The molecule has 1 aliphatic rings. The molecule has 1 nitrogen and oxygen atoms in total. The van der Waals surface area contributed by atoms with E-state index in [0.717, 1.165) is 30.0 Å². The quantitative estimate of drug-likeness (QED) is 0.793. The molecule has 1 atom stereocenters. The summed E-state index contributed by atoms with van der Waals surface area (Å²) in [7, 11) is 0. The van der Waals surface area contributed by atoms with Crippen molar-refractivity contribution in [1.82, 2.24) is 0 Å². The Morgan fingerprint density at radius 2 is 1.82 bits per heavy atom. The lowest BCUT2D eigenvalue weighted by Crippen LogP contribution is -2.41. The highest BCUT2D eigenvalue weighted by molar-refractivity contribution is 6.31. The van der Waals surface area contributed by atoms with Gasteiger partial charge in [-0.05, 0) is 48.1 Å². The number of alkyl halides is 3. The van der Waals surface area contributed by atoms with E-state index in [-0.39, 0.29) is 5.02 Å². The van der Waals surface area contributed by atoms with Crippen LogP contribution < -0.4 is 5.73 Å². The molecule has 0 amide bonds. The van der Waals surface area contributed by atoms with Crippen molar-refractivity contribution in [1.29, 1.82) is 0 Å². The minimum Gasteiger partial charge on any atom is -0.318 e. The summed E-state index contributed by atoms with van der Waals surface area (Å²) in [6.45, 7) is 0. The number of aryl methyl sites for hydroxylation is 1. The number of nitrogens with two attached hydrogens (primary N) is 1. The summed E-state index contributed by atoms with van der Waals surface area (Å²) in [4.78, 5) is 0. The van der Waals surface area contributed by atoms with Gasteiger partial charge in [-0.2, -0.15) is 13.2 Å². The number of hydrogen-bond acceptors (Lipinski definition) is 1. The fraction of sp³-hybridized carbons (Fsp3) is 0.294. The summed E-state index contributed by atoms with van der Waals surface area (Å²) in [5, 5.41) is -0.302. The van der Waals surface area contributed by atoms with Crippen LogP contribution in [0.4, 0.5) is 13.2 Å². The van der Waals surface area contributed by atoms with Crippen LogP contribution in [-0.4, -0.2) is 0 Å². The maximum atomic E-state index is 13.1. The number of rotatable bonds is 1. The first kappa shape index (κ1) is 15.4. The van der Waals surface area contributed by atoms with E-state index in [1.54, 1.807) is 6.07 Å². The minimum atomic E-state index is -4.49. The third kappa shape index (κ3) is 2.50. The standard InChI is InChI=1S/C17H15ClF3N/c18-15-8-7-12(10-14(15)17(19,20)21)16(22)9-3-5-11-4-1-2-6-13(11)16/h1-2,4,6-8,10H,3,5,9,22H2. The summed E-state index contributed by atoms with van der Waals surface area (Å²) in [5.41, 5.74) is 7.26. The summed E-state index contributed by atoms with van der Waals surface area (Å²) < 4.78 is 39.3. The van der Waals surface area contributed by atoms with Crippen LogP contribution in [0.5, 0.6) is 0 Å². The average molecular weight is 326 g/mol. The number of fused-ring (bicyclic) bond motifs is 1. The van der Waals surface area contributed by atoms with Crippen molar-refractivity contribution >= 4 is 11.6 Å². The van der Waals surface area contributed by atoms with Crippen molar-refractivity contribution in [2.75, 3.05) is 0 Å². The van der Waals surface area contributed by atoms with Crippen LogP contribution in [0.15, 0.2) is 42.5 Å². The Labute approximate surface area is 131 Å². The van der Waals surface area contributed by atoms with Crippen LogP contribution in [0, 0.1) is 0 Å². The van der Waals surface area contributed by atoms with Gasteiger partial charge < -0.3 is 5.73 Å². The first-order valence-corrected chi connectivity index (χ1v) is 7.45. The maximum absolute atomic E-state index is 13.1. The first-order valence-electron chi connectivity index (χ1n) is 7.07. The Kier molecular flexibility index (Phi) is 3.69. The van der Waals surface area contributed by atoms with Gasteiger partial charge in [-0.15, -0.1) is 0 Å². The predicted molar refractivity (Wildman–Crippen MR) is 80.8 cm³/mol. The zero-order valence-electron chi connectivity index (χ0n) is 11.8. The van der Waals surface area contributed by atoms with E-state index in [2.05, 4.69) is 0 Å². The SMILES string of the molecule is NC1(c2ccc(Cl)c(C(F)(F)F)c2)CCCc2ccccc21. The monoisotopic (exact) mass is 325 g/mol. The number of benzene rings is 2. The molecule has 0 radical (unpaired) electrons. The molecule has 3 rings (SSSR count). The van der Waals surface area contributed by atoms with Crippen molar-refractivity contribution in [2.45, 2.75) is 31.0 Å². The molecule has 116 valence electrons. The van der Waals surface area contributed by atoms with E-state index >= 15 is 0 Å². The Morgan fingerprint density at radius 3 is 2.55 bits per heavy atom. The van der Waals surface area contributed by atoms with Crippen molar-refractivity contribution in [3.8, 4) is 0 Å². The van der Waals surface area contributed by atoms with Gasteiger partial charge >= 0.3 is 6.18 Å². The predicted octanol–water partition coefficient (Wildman–Crippen LogP) is 4.90. The highest BCUT2D eigenvalue weighted by atomic mass is 35.5. The van der Waals surface area contributed by atoms with Crippen molar-refractivity contribution < 1.29 is 13.2 Å². The molecule has 2 N–H and O–H groups in total. The smallest absolute Gasteiger partial charge is 0.318 e. The normalized spacial score (nSPS) is 21.5. The summed E-state index contributed by atoms with van der Waals surface area (Å²) in [6.07, 6.45) is -2.13. The first-order chi connectivity index (χ1) is 10.3. The lowest BCUT2D eigenvalue weighted by molar-refractivity contribution is -0.137. The molecule has 0 fully saturated rings. The maximum Gasteiger partial charge on any atom is 0.417 e. The van der Waals surface area contributed by atoms with Crippen LogP contribution in [0.2, 0.25) is 5.02 Å². The molecular weight excluding hydrogens is 311 g/mol. The molecule has 0 aromatic heterocycles. The molecule has 2 aromatic rings. The fourth-order valence-corrected chi connectivity index (χ4v) is 3.41. The van der Waals surface area contributed by atoms with Gasteiger partial charge in [0, 0.05) is 0 Å². The fourth-order valence-electron chi connectivity index (χ4n) is 3.19. The zero-order valence-corrected chi connectivity index (χ0v) is 12.5. The summed E-state index contributed by atoms with van der Waals surface area (Å²) in [5.74, 6) is 0. The molecule has 1 aliphatic carbocycles. The lowest BCUT2D eigenvalue weighted by Gasteiger charge is -2.36. The van der Waals surface area contributed by atoms with Crippen LogP contribution in [0.3, 0.4) is 0 Å². The third-order valence-corrected chi connectivity index (χ3v) is 4.63. The van der Waals surface area contributed by atoms with Crippen LogP contribution in [0.1, 0.15) is 35.1 Å². The van der Waals surface area contributed by atoms with Gasteiger partial charge in [0.2, 0.25) is 0 Å². The summed E-state index contributed by atoms with van der Waals surface area (Å²) >= 11 is 5.70. The van der Waals surface area contributed by atoms with E-state index < -0.39 is 17.3 Å². The molecule has 0 bridgehead atoms. The second-order valence-corrected chi connectivity index (χ2v) is 6.08. The molecule has 22 heavy (non-hydrogen) atoms. The van der Waals surface area contributed by atoms with E-state index in [0.29, 0.717) is 12.0 Å². The average Bonchev–Trinajstić information content (AvgIpc) is 2.47. The van der Waals surface area contributed by atoms with Crippen molar-refractivity contribution in [3.05, 3.63) is 69.7 Å². The lowest BCUT2D eigenvalue weighted by atomic mass is 9.73. The van der Waals surface area contributed by atoms with Crippen LogP contribution >= 0.6 is 11.6 Å². The van der Waals surface area contributed by atoms with Gasteiger partial charge in [-0.1, -0.05) is 41.9 Å². The second-order valence-electron chi connectivity index (χ2n) is 5.67. The van der Waals surface area contributed by atoms with Crippen LogP contribution in [0.25, 0.3) is 0 Å². The van der Waals surface area contributed by atoms with Gasteiger partial charge in [0.25, 0.3) is 0 Å². The Hall–Kier alpha value is -1.52.